The molecule has 3 aromatic carbocycles. The molecule has 1 heterocycles. The van der Waals surface area contributed by atoms with E-state index in [2.05, 4.69) is 10.4 Å². The summed E-state index contributed by atoms with van der Waals surface area (Å²) in [6.45, 7) is 0. The van der Waals surface area contributed by atoms with E-state index in [4.69, 9.17) is 46.4 Å². The third-order valence-electron chi connectivity index (χ3n) is 4.72. The summed E-state index contributed by atoms with van der Waals surface area (Å²) >= 11 is 24.5. The zero-order valence-corrected chi connectivity index (χ0v) is 19.7. The Morgan fingerprint density at radius 3 is 2.06 bits per heavy atom. The van der Waals surface area contributed by atoms with E-state index >= 15 is 0 Å². The Balaban J connectivity index is 1.73. The first kappa shape index (κ1) is 22.5. The highest BCUT2D eigenvalue weighted by molar-refractivity contribution is 6.35. The maximum atomic E-state index is 12.8. The quantitative estimate of drug-likeness (QED) is 0.307. The smallest absolute Gasteiger partial charge is 0.308 e. The van der Waals surface area contributed by atoms with Gasteiger partial charge in [-0.15, -0.1) is 5.10 Å². The molecule has 0 fully saturated rings. The number of anilines is 2. The monoisotopic (exact) mass is 504 g/mol. The zero-order chi connectivity index (χ0) is 22.8. The Bertz CT molecular complexity index is 1270. The van der Waals surface area contributed by atoms with E-state index in [1.165, 1.54) is 4.90 Å². The van der Waals surface area contributed by atoms with Gasteiger partial charge in [0.05, 0.1) is 16.4 Å². The third-order valence-corrected chi connectivity index (χ3v) is 5.76. The van der Waals surface area contributed by atoms with Crippen LogP contribution in [0.2, 0.25) is 20.1 Å². The van der Waals surface area contributed by atoms with E-state index in [9.17, 15) is 4.79 Å². The molecular formula is C23H16Cl4N4O. The third kappa shape index (κ3) is 4.87. The second-order valence-corrected chi connectivity index (χ2v) is 8.61. The molecule has 0 saturated carbocycles. The van der Waals surface area contributed by atoms with Gasteiger partial charge in [0.25, 0.3) is 0 Å². The molecule has 0 aliphatic rings. The van der Waals surface area contributed by atoms with Gasteiger partial charge in [0, 0.05) is 39.4 Å². The molecule has 0 radical (unpaired) electrons. The molecule has 0 bridgehead atoms. The first-order chi connectivity index (χ1) is 15.3. The van der Waals surface area contributed by atoms with Crippen molar-refractivity contribution >= 4 is 63.9 Å². The minimum atomic E-state index is -0.359. The largest absolute Gasteiger partial charge is 0.327 e. The van der Waals surface area contributed by atoms with Crippen molar-refractivity contribution in [2.24, 2.45) is 0 Å². The number of rotatable bonds is 4. The van der Waals surface area contributed by atoms with Crippen LogP contribution in [0.5, 0.6) is 0 Å². The maximum Gasteiger partial charge on any atom is 0.327 e. The number of hydrogen-bond donors (Lipinski definition) is 1. The molecule has 1 aromatic heterocycles. The van der Waals surface area contributed by atoms with Gasteiger partial charge in [-0.25, -0.2) is 9.48 Å². The van der Waals surface area contributed by atoms with Crippen molar-refractivity contribution in [1.29, 1.82) is 0 Å². The Morgan fingerprint density at radius 2 is 1.44 bits per heavy atom. The topological polar surface area (TPSA) is 50.2 Å². The molecule has 2 amide bonds. The van der Waals surface area contributed by atoms with Gasteiger partial charge in [-0.05, 0) is 54.6 Å². The number of halogens is 4. The van der Waals surface area contributed by atoms with E-state index in [0.29, 0.717) is 37.3 Å². The van der Waals surface area contributed by atoms with Gasteiger partial charge in [-0.1, -0.05) is 58.5 Å². The number of urea groups is 1. The van der Waals surface area contributed by atoms with E-state index in [-0.39, 0.29) is 6.03 Å². The number of aromatic nitrogens is 2. The van der Waals surface area contributed by atoms with Crippen LogP contribution in [-0.4, -0.2) is 22.9 Å². The van der Waals surface area contributed by atoms with Crippen LogP contribution in [0.15, 0.2) is 72.8 Å². The lowest BCUT2D eigenvalue weighted by Gasteiger charge is -2.15. The van der Waals surface area contributed by atoms with Crippen molar-refractivity contribution in [2.45, 2.75) is 0 Å². The SMILES string of the molecule is CN(C(=O)Nc1ccc(Cl)cc1)c1cc(-c2ccc(Cl)cc2)n(-c2ccc(Cl)cc2Cl)n1. The highest BCUT2D eigenvalue weighted by atomic mass is 35.5. The molecule has 0 spiro atoms. The van der Waals surface area contributed by atoms with Crippen molar-refractivity contribution in [3.05, 3.63) is 92.9 Å². The first-order valence-corrected chi connectivity index (χ1v) is 10.9. The molecule has 32 heavy (non-hydrogen) atoms. The Hall–Kier alpha value is -2.70. The normalized spacial score (nSPS) is 10.8. The van der Waals surface area contributed by atoms with E-state index in [1.807, 2.05) is 12.1 Å². The number of carbonyl (C=O) groups is 1. The van der Waals surface area contributed by atoms with Gasteiger partial charge in [0.15, 0.2) is 5.82 Å². The fraction of sp³-hybridized carbons (Fsp3) is 0.0435. The average Bonchev–Trinajstić information content (AvgIpc) is 3.20. The summed E-state index contributed by atoms with van der Waals surface area (Å²) in [5.41, 5.74) is 2.82. The van der Waals surface area contributed by atoms with Crippen molar-refractivity contribution < 1.29 is 4.79 Å². The zero-order valence-electron chi connectivity index (χ0n) is 16.7. The molecule has 0 aliphatic heterocycles. The summed E-state index contributed by atoms with van der Waals surface area (Å²) in [6, 6.07) is 20.7. The van der Waals surface area contributed by atoms with Gasteiger partial charge in [0.2, 0.25) is 0 Å². The minimum absolute atomic E-state index is 0.359. The fourth-order valence-corrected chi connectivity index (χ4v) is 3.78. The van der Waals surface area contributed by atoms with Gasteiger partial charge >= 0.3 is 6.03 Å². The van der Waals surface area contributed by atoms with E-state index in [1.54, 1.807) is 72.4 Å². The van der Waals surface area contributed by atoms with Crippen molar-refractivity contribution in [1.82, 2.24) is 9.78 Å². The van der Waals surface area contributed by atoms with Crippen LogP contribution in [-0.2, 0) is 0 Å². The van der Waals surface area contributed by atoms with Crippen LogP contribution in [0.25, 0.3) is 16.9 Å². The van der Waals surface area contributed by atoms with Gasteiger partial charge in [0.1, 0.15) is 0 Å². The number of nitrogens with one attached hydrogen (secondary N) is 1. The number of hydrogen-bond acceptors (Lipinski definition) is 2. The summed E-state index contributed by atoms with van der Waals surface area (Å²) in [7, 11) is 1.63. The van der Waals surface area contributed by atoms with Gasteiger partial charge < -0.3 is 5.32 Å². The molecule has 0 unspecified atom stereocenters. The minimum Gasteiger partial charge on any atom is -0.308 e. The summed E-state index contributed by atoms with van der Waals surface area (Å²) in [6.07, 6.45) is 0. The fourth-order valence-electron chi connectivity index (χ4n) is 3.04. The molecule has 0 aliphatic carbocycles. The molecule has 4 aromatic rings. The first-order valence-electron chi connectivity index (χ1n) is 9.43. The van der Waals surface area contributed by atoms with Gasteiger partial charge in [-0.3, -0.25) is 4.90 Å². The number of benzene rings is 3. The lowest BCUT2D eigenvalue weighted by Crippen LogP contribution is -2.31. The predicted octanol–water partition coefficient (Wildman–Crippen LogP) is 7.82. The highest BCUT2D eigenvalue weighted by Gasteiger charge is 2.20. The van der Waals surface area contributed by atoms with Crippen LogP contribution < -0.4 is 10.2 Å². The second kappa shape index (κ2) is 9.43. The second-order valence-electron chi connectivity index (χ2n) is 6.90. The number of carbonyl (C=O) groups excluding carboxylic acids is 1. The maximum absolute atomic E-state index is 12.8. The lowest BCUT2D eigenvalue weighted by molar-refractivity contribution is 0.258. The lowest BCUT2D eigenvalue weighted by atomic mass is 10.1. The van der Waals surface area contributed by atoms with E-state index < -0.39 is 0 Å². The molecule has 1 N–H and O–H groups in total. The molecule has 0 atom stereocenters. The summed E-state index contributed by atoms with van der Waals surface area (Å²) in [4.78, 5) is 14.2. The van der Waals surface area contributed by atoms with Crippen LogP contribution in [0, 0.1) is 0 Å². The van der Waals surface area contributed by atoms with Crippen molar-refractivity contribution in [2.75, 3.05) is 17.3 Å². The van der Waals surface area contributed by atoms with E-state index in [0.717, 1.165) is 11.3 Å². The van der Waals surface area contributed by atoms with Gasteiger partial charge in [-0.2, -0.15) is 0 Å². The average molecular weight is 506 g/mol. The van der Waals surface area contributed by atoms with Crippen LogP contribution in [0.4, 0.5) is 16.3 Å². The molecule has 5 nitrogen and oxygen atoms in total. The highest BCUT2D eigenvalue weighted by Crippen LogP contribution is 2.32. The summed E-state index contributed by atoms with van der Waals surface area (Å²) in [5.74, 6) is 0.424. The van der Waals surface area contributed by atoms with Crippen LogP contribution in [0.3, 0.4) is 0 Å². The predicted molar refractivity (Wildman–Crippen MR) is 133 cm³/mol. The number of amides is 2. The summed E-state index contributed by atoms with van der Waals surface area (Å²) < 4.78 is 1.67. The Morgan fingerprint density at radius 1 is 0.844 bits per heavy atom. The van der Waals surface area contributed by atoms with Crippen molar-refractivity contribution in [3.8, 4) is 16.9 Å². The molecule has 162 valence electrons. The van der Waals surface area contributed by atoms with Crippen molar-refractivity contribution in [3.63, 3.8) is 0 Å². The number of nitrogens with zero attached hydrogens (tertiary/aromatic N) is 3. The molecule has 4 rings (SSSR count). The Labute approximate surface area is 205 Å². The molecular weight excluding hydrogens is 490 g/mol. The Kier molecular flexibility index (Phi) is 6.63. The molecule has 9 heteroatoms. The summed E-state index contributed by atoms with van der Waals surface area (Å²) in [5, 5.41) is 9.61. The van der Waals surface area contributed by atoms with Crippen LogP contribution in [0.1, 0.15) is 0 Å². The molecule has 0 saturated heterocycles. The standard InChI is InChI=1S/C23H16Cl4N4O/c1-30(23(32)28-18-9-6-16(25)7-10-18)22-13-21(14-2-4-15(24)5-3-14)31(29-22)20-11-8-17(26)12-19(20)27/h2-13H,1H3,(H,28,32). The van der Waals surface area contributed by atoms with Crippen LogP contribution >= 0.6 is 46.4 Å².